The molecular formula is C22H34N4O2. The highest BCUT2D eigenvalue weighted by Crippen LogP contribution is 2.21. The summed E-state index contributed by atoms with van der Waals surface area (Å²) in [5.74, 6) is 2.30. The van der Waals surface area contributed by atoms with E-state index in [1.807, 2.05) is 18.2 Å². The number of aliphatic imine (C=N–C) groups is 1. The minimum Gasteiger partial charge on any atom is -0.368 e. The lowest BCUT2D eigenvalue weighted by atomic mass is 9.92. The maximum absolute atomic E-state index is 12.3. The maximum Gasteiger partial charge on any atom is 0.253 e. The first-order valence-electron chi connectivity index (χ1n) is 10.6. The van der Waals surface area contributed by atoms with Crippen molar-refractivity contribution in [1.82, 2.24) is 10.2 Å². The van der Waals surface area contributed by atoms with Gasteiger partial charge in [-0.25, -0.2) is 4.99 Å². The average Bonchev–Trinajstić information content (AvgIpc) is 3.19. The topological polar surface area (TPSA) is 66.0 Å². The SMILES string of the molecule is CCNC(=NCc1cccc(NC(=O)C2CCCO2)c1)N1CC(C)CC(C)C1. The maximum atomic E-state index is 12.3. The Labute approximate surface area is 168 Å². The molecule has 0 aromatic heterocycles. The molecule has 2 fully saturated rings. The summed E-state index contributed by atoms with van der Waals surface area (Å²) in [4.78, 5) is 19.5. The fourth-order valence-electron chi connectivity index (χ4n) is 4.18. The van der Waals surface area contributed by atoms with Gasteiger partial charge in [0.15, 0.2) is 5.96 Å². The normalized spacial score (nSPS) is 25.6. The predicted molar refractivity (Wildman–Crippen MR) is 113 cm³/mol. The zero-order valence-corrected chi connectivity index (χ0v) is 17.4. The molecule has 28 heavy (non-hydrogen) atoms. The van der Waals surface area contributed by atoms with Gasteiger partial charge in [0, 0.05) is 31.9 Å². The van der Waals surface area contributed by atoms with Gasteiger partial charge >= 0.3 is 0 Å². The molecule has 2 heterocycles. The van der Waals surface area contributed by atoms with Crippen molar-refractivity contribution >= 4 is 17.6 Å². The molecule has 2 N–H and O–H groups in total. The Morgan fingerprint density at radius 1 is 1.29 bits per heavy atom. The molecule has 6 heteroatoms. The first kappa shape index (κ1) is 20.6. The lowest BCUT2D eigenvalue weighted by Gasteiger charge is -2.37. The predicted octanol–water partition coefficient (Wildman–Crippen LogP) is 3.25. The number of nitrogens with one attached hydrogen (secondary N) is 2. The van der Waals surface area contributed by atoms with E-state index in [0.29, 0.717) is 25.0 Å². The van der Waals surface area contributed by atoms with Crippen LogP contribution in [0.25, 0.3) is 0 Å². The number of guanidine groups is 1. The van der Waals surface area contributed by atoms with Crippen LogP contribution in [0.5, 0.6) is 0 Å². The molecule has 0 aliphatic carbocycles. The van der Waals surface area contributed by atoms with Crippen molar-refractivity contribution in [2.45, 2.75) is 52.7 Å². The van der Waals surface area contributed by atoms with Gasteiger partial charge in [-0.2, -0.15) is 0 Å². The van der Waals surface area contributed by atoms with Crippen molar-refractivity contribution in [3.8, 4) is 0 Å². The number of carbonyl (C=O) groups excluding carboxylic acids is 1. The van der Waals surface area contributed by atoms with Gasteiger partial charge in [-0.15, -0.1) is 0 Å². The van der Waals surface area contributed by atoms with Crippen molar-refractivity contribution in [3.05, 3.63) is 29.8 Å². The number of likely N-dealkylation sites (tertiary alicyclic amines) is 1. The number of nitrogens with zero attached hydrogens (tertiary/aromatic N) is 2. The summed E-state index contributed by atoms with van der Waals surface area (Å²) in [5.41, 5.74) is 1.89. The molecule has 0 spiro atoms. The summed E-state index contributed by atoms with van der Waals surface area (Å²) in [6.07, 6.45) is 2.72. The molecule has 3 atom stereocenters. The van der Waals surface area contributed by atoms with Crippen LogP contribution < -0.4 is 10.6 Å². The highest BCUT2D eigenvalue weighted by atomic mass is 16.5. The Morgan fingerprint density at radius 2 is 2.07 bits per heavy atom. The second-order valence-electron chi connectivity index (χ2n) is 8.21. The Kier molecular flexibility index (Phi) is 7.31. The van der Waals surface area contributed by atoms with Crippen LogP contribution in [0.1, 0.15) is 45.6 Å². The van der Waals surface area contributed by atoms with E-state index in [9.17, 15) is 4.79 Å². The van der Waals surface area contributed by atoms with Gasteiger partial charge in [-0.3, -0.25) is 4.79 Å². The highest BCUT2D eigenvalue weighted by molar-refractivity contribution is 5.94. The molecule has 1 aromatic carbocycles. The minimum atomic E-state index is -0.315. The van der Waals surface area contributed by atoms with E-state index >= 15 is 0 Å². The quantitative estimate of drug-likeness (QED) is 0.602. The molecule has 1 amide bonds. The number of rotatable bonds is 5. The molecule has 1 aromatic rings. The summed E-state index contributed by atoms with van der Waals surface area (Å²) < 4.78 is 5.46. The number of ether oxygens (including phenoxy) is 1. The van der Waals surface area contributed by atoms with Crippen LogP contribution in [-0.4, -0.2) is 49.1 Å². The van der Waals surface area contributed by atoms with E-state index in [4.69, 9.17) is 9.73 Å². The lowest BCUT2D eigenvalue weighted by Crippen LogP contribution is -2.48. The average molecular weight is 387 g/mol. The van der Waals surface area contributed by atoms with E-state index in [0.717, 1.165) is 49.7 Å². The van der Waals surface area contributed by atoms with Gasteiger partial charge in [0.05, 0.1) is 6.54 Å². The van der Waals surface area contributed by atoms with Crippen molar-refractivity contribution in [3.63, 3.8) is 0 Å². The number of hydrogen-bond acceptors (Lipinski definition) is 3. The van der Waals surface area contributed by atoms with Crippen LogP contribution in [0.3, 0.4) is 0 Å². The Hall–Kier alpha value is -2.08. The third-order valence-electron chi connectivity index (χ3n) is 5.33. The van der Waals surface area contributed by atoms with E-state index in [-0.39, 0.29) is 12.0 Å². The highest BCUT2D eigenvalue weighted by Gasteiger charge is 2.24. The van der Waals surface area contributed by atoms with Gasteiger partial charge in [0.1, 0.15) is 6.10 Å². The van der Waals surface area contributed by atoms with Gasteiger partial charge < -0.3 is 20.3 Å². The minimum absolute atomic E-state index is 0.0530. The van der Waals surface area contributed by atoms with Gasteiger partial charge in [-0.1, -0.05) is 26.0 Å². The van der Waals surface area contributed by atoms with Crippen LogP contribution >= 0.6 is 0 Å². The summed E-state index contributed by atoms with van der Waals surface area (Å²) >= 11 is 0. The zero-order chi connectivity index (χ0) is 19.9. The lowest BCUT2D eigenvalue weighted by molar-refractivity contribution is -0.124. The molecule has 2 aliphatic rings. The molecule has 0 saturated carbocycles. The van der Waals surface area contributed by atoms with Crippen molar-refractivity contribution in [2.75, 3.05) is 31.6 Å². The summed E-state index contributed by atoms with van der Waals surface area (Å²) in [7, 11) is 0. The van der Waals surface area contributed by atoms with E-state index in [1.165, 1.54) is 6.42 Å². The number of benzene rings is 1. The number of amides is 1. The van der Waals surface area contributed by atoms with Crippen LogP contribution in [0.15, 0.2) is 29.3 Å². The van der Waals surface area contributed by atoms with Crippen LogP contribution in [0.4, 0.5) is 5.69 Å². The number of piperidine rings is 1. The van der Waals surface area contributed by atoms with Crippen molar-refractivity contribution < 1.29 is 9.53 Å². The van der Waals surface area contributed by atoms with Gasteiger partial charge in [-0.05, 0) is 55.7 Å². The molecular weight excluding hydrogens is 352 g/mol. The Morgan fingerprint density at radius 3 is 2.75 bits per heavy atom. The number of hydrogen-bond donors (Lipinski definition) is 2. The van der Waals surface area contributed by atoms with E-state index in [1.54, 1.807) is 0 Å². The molecule has 2 saturated heterocycles. The molecule has 3 unspecified atom stereocenters. The number of anilines is 1. The molecule has 154 valence electrons. The second kappa shape index (κ2) is 9.92. The smallest absolute Gasteiger partial charge is 0.253 e. The number of carbonyl (C=O) groups is 1. The molecule has 0 radical (unpaired) electrons. The van der Waals surface area contributed by atoms with Gasteiger partial charge in [0.2, 0.25) is 0 Å². The Bertz CT molecular complexity index is 675. The van der Waals surface area contributed by atoms with Crippen LogP contribution in [0, 0.1) is 11.8 Å². The molecule has 3 rings (SSSR count). The first-order valence-corrected chi connectivity index (χ1v) is 10.6. The van der Waals surface area contributed by atoms with E-state index in [2.05, 4.69) is 42.4 Å². The third-order valence-corrected chi connectivity index (χ3v) is 5.33. The van der Waals surface area contributed by atoms with Crippen LogP contribution in [0.2, 0.25) is 0 Å². The fraction of sp³-hybridized carbons (Fsp3) is 0.636. The molecule has 0 bridgehead atoms. The van der Waals surface area contributed by atoms with Crippen LogP contribution in [-0.2, 0) is 16.1 Å². The second-order valence-corrected chi connectivity index (χ2v) is 8.21. The van der Waals surface area contributed by atoms with Crippen molar-refractivity contribution in [2.24, 2.45) is 16.8 Å². The third kappa shape index (κ3) is 5.71. The standard InChI is InChI=1S/C22H34N4O2/c1-4-23-22(26-14-16(2)11-17(3)15-26)24-13-18-7-5-8-19(12-18)25-21(27)20-9-6-10-28-20/h5,7-8,12,16-17,20H,4,6,9-11,13-15H2,1-3H3,(H,23,24)(H,25,27). The summed E-state index contributed by atoms with van der Waals surface area (Å²) in [6.45, 7) is 10.9. The summed E-state index contributed by atoms with van der Waals surface area (Å²) in [5, 5.41) is 6.41. The molecule has 2 aliphatic heterocycles. The molecule has 6 nitrogen and oxygen atoms in total. The largest absolute Gasteiger partial charge is 0.368 e. The first-order chi connectivity index (χ1) is 13.5. The van der Waals surface area contributed by atoms with E-state index < -0.39 is 0 Å². The Balaban J connectivity index is 1.64. The zero-order valence-electron chi connectivity index (χ0n) is 17.4. The fourth-order valence-corrected chi connectivity index (χ4v) is 4.18. The summed E-state index contributed by atoms with van der Waals surface area (Å²) in [6, 6.07) is 7.94. The monoisotopic (exact) mass is 386 g/mol. The van der Waals surface area contributed by atoms with Crippen molar-refractivity contribution in [1.29, 1.82) is 0 Å². The van der Waals surface area contributed by atoms with Gasteiger partial charge in [0.25, 0.3) is 5.91 Å².